The number of aromatic hydroxyl groups is 1. The van der Waals surface area contributed by atoms with Crippen LogP contribution in [0.15, 0.2) is 42.5 Å². The molecule has 0 bridgehead atoms. The SMILES string of the molecule is N#Cc1c(Cl)cccc1OC[C@H](O)CN1CCC[C@H]1Cc1ccccc1O. The molecule has 0 aromatic heterocycles. The van der Waals surface area contributed by atoms with Gasteiger partial charge in [-0.2, -0.15) is 5.26 Å². The third-order valence-electron chi connectivity index (χ3n) is 4.91. The molecule has 2 aromatic rings. The van der Waals surface area contributed by atoms with Gasteiger partial charge < -0.3 is 14.9 Å². The van der Waals surface area contributed by atoms with Gasteiger partial charge in [0.25, 0.3) is 0 Å². The number of nitrogens with zero attached hydrogens (tertiary/aromatic N) is 2. The van der Waals surface area contributed by atoms with Crippen LogP contribution in [0.4, 0.5) is 0 Å². The number of aliphatic hydroxyl groups is 1. The molecule has 1 fully saturated rings. The van der Waals surface area contributed by atoms with E-state index in [1.165, 1.54) is 0 Å². The average Bonchev–Trinajstić information content (AvgIpc) is 3.08. The summed E-state index contributed by atoms with van der Waals surface area (Å²) in [5.41, 5.74) is 1.21. The predicted octanol–water partition coefficient (Wildman–Crippen LogP) is 3.36. The van der Waals surface area contributed by atoms with Crippen LogP contribution in [0.25, 0.3) is 0 Å². The van der Waals surface area contributed by atoms with Crippen LogP contribution in [0.3, 0.4) is 0 Å². The molecule has 2 N–H and O–H groups in total. The minimum absolute atomic E-state index is 0.0921. The van der Waals surface area contributed by atoms with Crippen LogP contribution in [0.2, 0.25) is 5.02 Å². The molecule has 0 amide bonds. The summed E-state index contributed by atoms with van der Waals surface area (Å²) in [6.07, 6.45) is 2.18. The van der Waals surface area contributed by atoms with Gasteiger partial charge in [-0.1, -0.05) is 35.9 Å². The van der Waals surface area contributed by atoms with E-state index in [1.807, 2.05) is 24.3 Å². The quantitative estimate of drug-likeness (QED) is 0.763. The van der Waals surface area contributed by atoms with Crippen LogP contribution in [0.5, 0.6) is 11.5 Å². The van der Waals surface area contributed by atoms with E-state index in [4.69, 9.17) is 16.3 Å². The number of benzene rings is 2. The number of likely N-dealkylation sites (tertiary alicyclic amines) is 1. The highest BCUT2D eigenvalue weighted by Crippen LogP contribution is 2.27. The van der Waals surface area contributed by atoms with Crippen molar-refractivity contribution in [3.05, 3.63) is 58.6 Å². The summed E-state index contributed by atoms with van der Waals surface area (Å²) >= 11 is 6.00. The molecule has 0 unspecified atom stereocenters. The Kier molecular flexibility index (Phi) is 6.57. The molecule has 6 heteroatoms. The molecule has 1 heterocycles. The number of rotatable bonds is 7. The first-order chi connectivity index (χ1) is 13.1. The second-order valence-corrected chi connectivity index (χ2v) is 7.22. The fraction of sp³-hybridized carbons (Fsp3) is 0.381. The number of halogens is 1. The molecule has 2 atom stereocenters. The summed E-state index contributed by atoms with van der Waals surface area (Å²) in [6.45, 7) is 1.49. The van der Waals surface area contributed by atoms with Gasteiger partial charge in [0.15, 0.2) is 0 Å². The molecule has 0 saturated carbocycles. The molecule has 0 radical (unpaired) electrons. The number of ether oxygens (including phenoxy) is 1. The maximum absolute atomic E-state index is 10.4. The van der Waals surface area contributed by atoms with Crippen molar-refractivity contribution in [2.45, 2.75) is 31.4 Å². The van der Waals surface area contributed by atoms with Crippen LogP contribution in [-0.4, -0.2) is 47.0 Å². The molecule has 2 aromatic carbocycles. The topological polar surface area (TPSA) is 76.7 Å². The maximum Gasteiger partial charge on any atom is 0.138 e. The standard InChI is InChI=1S/C21H23ClN2O3/c22-19-7-3-9-21(18(19)12-23)27-14-17(25)13-24-10-4-6-16(24)11-15-5-1-2-8-20(15)26/h1-3,5,7-9,16-17,25-26H,4,6,10-11,13-14H2/t16-,17+/m0/s1. The van der Waals surface area contributed by atoms with Gasteiger partial charge in [0.05, 0.1) is 5.02 Å². The lowest BCUT2D eigenvalue weighted by Gasteiger charge is -2.27. The summed E-state index contributed by atoms with van der Waals surface area (Å²) < 4.78 is 5.63. The highest BCUT2D eigenvalue weighted by molar-refractivity contribution is 6.31. The third-order valence-corrected chi connectivity index (χ3v) is 5.22. The lowest BCUT2D eigenvalue weighted by atomic mass is 10.0. The van der Waals surface area contributed by atoms with Crippen molar-refractivity contribution in [1.29, 1.82) is 5.26 Å². The minimum Gasteiger partial charge on any atom is -0.508 e. The summed E-state index contributed by atoms with van der Waals surface area (Å²) in [6, 6.07) is 14.7. The van der Waals surface area contributed by atoms with Gasteiger partial charge in [-0.25, -0.2) is 0 Å². The first kappa shape index (κ1) is 19.5. The van der Waals surface area contributed by atoms with Crippen LogP contribution in [0.1, 0.15) is 24.0 Å². The van der Waals surface area contributed by atoms with Gasteiger partial charge in [0.2, 0.25) is 0 Å². The van der Waals surface area contributed by atoms with E-state index in [0.29, 0.717) is 23.1 Å². The fourth-order valence-electron chi connectivity index (χ4n) is 3.55. The Morgan fingerprint density at radius 3 is 2.85 bits per heavy atom. The van der Waals surface area contributed by atoms with Crippen LogP contribution >= 0.6 is 11.6 Å². The zero-order valence-corrected chi connectivity index (χ0v) is 15.8. The number of β-amino-alcohol motifs (C(OH)–C–C–N with tert-alkyl or cyclic N) is 1. The number of para-hydroxylation sites is 1. The van der Waals surface area contributed by atoms with E-state index in [0.717, 1.165) is 31.4 Å². The Hall–Kier alpha value is -2.26. The molecular formula is C21H23ClN2O3. The lowest BCUT2D eigenvalue weighted by Crippen LogP contribution is -2.39. The highest BCUT2D eigenvalue weighted by Gasteiger charge is 2.27. The molecule has 5 nitrogen and oxygen atoms in total. The van der Waals surface area contributed by atoms with Crippen molar-refractivity contribution in [1.82, 2.24) is 4.90 Å². The minimum atomic E-state index is -0.680. The first-order valence-corrected chi connectivity index (χ1v) is 9.46. The van der Waals surface area contributed by atoms with E-state index in [-0.39, 0.29) is 18.2 Å². The van der Waals surface area contributed by atoms with E-state index in [9.17, 15) is 15.5 Å². The van der Waals surface area contributed by atoms with Crippen LogP contribution < -0.4 is 4.74 Å². The smallest absolute Gasteiger partial charge is 0.138 e. The zero-order valence-electron chi connectivity index (χ0n) is 15.0. The largest absolute Gasteiger partial charge is 0.508 e. The van der Waals surface area contributed by atoms with Gasteiger partial charge in [-0.3, -0.25) is 4.90 Å². The van der Waals surface area contributed by atoms with E-state index < -0.39 is 6.10 Å². The highest BCUT2D eigenvalue weighted by atomic mass is 35.5. The summed E-state index contributed by atoms with van der Waals surface area (Å²) in [7, 11) is 0. The summed E-state index contributed by atoms with van der Waals surface area (Å²) in [4.78, 5) is 2.24. The molecule has 3 rings (SSSR count). The maximum atomic E-state index is 10.4. The Balaban J connectivity index is 1.56. The Morgan fingerprint density at radius 2 is 2.07 bits per heavy atom. The van der Waals surface area contributed by atoms with Crippen molar-refractivity contribution < 1.29 is 14.9 Å². The Bertz CT molecular complexity index is 821. The molecule has 142 valence electrons. The molecule has 27 heavy (non-hydrogen) atoms. The van der Waals surface area contributed by atoms with Crippen LogP contribution in [-0.2, 0) is 6.42 Å². The van der Waals surface area contributed by atoms with Gasteiger partial charge in [0.1, 0.15) is 35.8 Å². The van der Waals surface area contributed by atoms with E-state index >= 15 is 0 Å². The fourth-order valence-corrected chi connectivity index (χ4v) is 3.75. The second-order valence-electron chi connectivity index (χ2n) is 6.81. The molecule has 1 aliphatic heterocycles. The summed E-state index contributed by atoms with van der Waals surface area (Å²) in [5.74, 6) is 0.703. The van der Waals surface area contributed by atoms with Crippen molar-refractivity contribution in [2.75, 3.05) is 19.7 Å². The number of phenolic OH excluding ortho intramolecular Hbond substituents is 1. The predicted molar refractivity (Wildman–Crippen MR) is 104 cm³/mol. The number of aliphatic hydroxyl groups excluding tert-OH is 1. The lowest BCUT2D eigenvalue weighted by molar-refractivity contribution is 0.0638. The van der Waals surface area contributed by atoms with Crippen molar-refractivity contribution >= 4 is 11.6 Å². The zero-order chi connectivity index (χ0) is 19.2. The van der Waals surface area contributed by atoms with Gasteiger partial charge >= 0.3 is 0 Å². The Labute approximate surface area is 164 Å². The number of phenols is 1. The molecule has 1 aliphatic rings. The summed E-state index contributed by atoms with van der Waals surface area (Å²) in [5, 5.41) is 29.9. The Morgan fingerprint density at radius 1 is 1.26 bits per heavy atom. The monoisotopic (exact) mass is 386 g/mol. The molecule has 0 spiro atoms. The van der Waals surface area contributed by atoms with Crippen molar-refractivity contribution in [3.8, 4) is 17.6 Å². The molecular weight excluding hydrogens is 364 g/mol. The van der Waals surface area contributed by atoms with E-state index in [2.05, 4.69) is 4.90 Å². The third kappa shape index (κ3) is 4.92. The average molecular weight is 387 g/mol. The molecule has 0 aliphatic carbocycles. The van der Waals surface area contributed by atoms with Crippen molar-refractivity contribution in [2.24, 2.45) is 0 Å². The van der Waals surface area contributed by atoms with Crippen LogP contribution in [0, 0.1) is 11.3 Å². The van der Waals surface area contributed by atoms with E-state index in [1.54, 1.807) is 24.3 Å². The van der Waals surface area contributed by atoms with Gasteiger partial charge in [0, 0.05) is 12.6 Å². The van der Waals surface area contributed by atoms with Crippen molar-refractivity contribution in [3.63, 3.8) is 0 Å². The number of hydrogen-bond donors (Lipinski definition) is 2. The normalized spacial score (nSPS) is 18.2. The first-order valence-electron chi connectivity index (χ1n) is 9.09. The van der Waals surface area contributed by atoms with Gasteiger partial charge in [-0.05, 0) is 49.6 Å². The van der Waals surface area contributed by atoms with Gasteiger partial charge in [-0.15, -0.1) is 0 Å². The second kappa shape index (κ2) is 9.09. The molecule has 1 saturated heterocycles. The number of nitriles is 1. The number of hydrogen-bond acceptors (Lipinski definition) is 5.